The molecular formula is C28H36N2O3. The highest BCUT2D eigenvalue weighted by Gasteiger charge is 2.33. The van der Waals surface area contributed by atoms with Crippen molar-refractivity contribution in [1.29, 1.82) is 0 Å². The van der Waals surface area contributed by atoms with E-state index in [4.69, 9.17) is 0 Å². The minimum Gasteiger partial charge on any atom is -0.480 e. The van der Waals surface area contributed by atoms with Crippen LogP contribution in [0.2, 0.25) is 0 Å². The molecule has 1 unspecified atom stereocenters. The van der Waals surface area contributed by atoms with E-state index < -0.39 is 18.1 Å². The summed E-state index contributed by atoms with van der Waals surface area (Å²) < 4.78 is 0. The van der Waals surface area contributed by atoms with E-state index in [1.165, 1.54) is 37.7 Å². The number of amides is 1. The highest BCUT2D eigenvalue weighted by atomic mass is 16.4. The normalized spacial score (nSPS) is 20.2. The third-order valence-electron chi connectivity index (χ3n) is 7.30. The van der Waals surface area contributed by atoms with E-state index in [1.807, 2.05) is 23.1 Å². The predicted molar refractivity (Wildman–Crippen MR) is 131 cm³/mol. The second-order valence-corrected chi connectivity index (χ2v) is 9.77. The van der Waals surface area contributed by atoms with E-state index in [2.05, 4.69) is 42.6 Å². The van der Waals surface area contributed by atoms with Crippen molar-refractivity contribution in [2.24, 2.45) is 5.92 Å². The molecule has 33 heavy (non-hydrogen) atoms. The number of carboxylic acid groups (broad SMARTS) is 1. The summed E-state index contributed by atoms with van der Waals surface area (Å²) in [7, 11) is 0. The second kappa shape index (κ2) is 11.0. The fourth-order valence-corrected chi connectivity index (χ4v) is 5.31. The van der Waals surface area contributed by atoms with Crippen molar-refractivity contribution in [2.75, 3.05) is 4.90 Å². The summed E-state index contributed by atoms with van der Waals surface area (Å²) in [6, 6.07) is 15.1. The standard InChI is InChI=1S/C28H36N2O3/c1-20-11-13-22(14-12-20)19-30-26-10-6-5-9-23(26)16-18-24(27(30)31)29-25(28(32)33)17-15-21-7-3-2-4-8-21/h5-6,9-14,21,24-25,29H,2-4,7-8,15-19H2,1H3,(H,32,33)/t24?,25-/m1/s1. The first-order valence-corrected chi connectivity index (χ1v) is 12.4. The zero-order valence-electron chi connectivity index (χ0n) is 19.6. The number of fused-ring (bicyclic) bond motifs is 1. The lowest BCUT2D eigenvalue weighted by Gasteiger charge is -2.29. The summed E-state index contributed by atoms with van der Waals surface area (Å²) >= 11 is 0. The van der Waals surface area contributed by atoms with Gasteiger partial charge in [-0.05, 0) is 55.7 Å². The Hall–Kier alpha value is -2.66. The quantitative estimate of drug-likeness (QED) is 0.579. The van der Waals surface area contributed by atoms with Crippen molar-refractivity contribution in [2.45, 2.75) is 83.3 Å². The van der Waals surface area contributed by atoms with Crippen LogP contribution >= 0.6 is 0 Å². The van der Waals surface area contributed by atoms with E-state index in [9.17, 15) is 14.7 Å². The number of benzene rings is 2. The summed E-state index contributed by atoms with van der Waals surface area (Å²) in [5.74, 6) is -0.274. The van der Waals surface area contributed by atoms with Crippen molar-refractivity contribution in [3.8, 4) is 0 Å². The highest BCUT2D eigenvalue weighted by Crippen LogP contribution is 2.30. The van der Waals surface area contributed by atoms with Crippen molar-refractivity contribution >= 4 is 17.6 Å². The van der Waals surface area contributed by atoms with Gasteiger partial charge in [-0.15, -0.1) is 0 Å². The molecule has 2 aliphatic rings. The molecule has 0 bridgehead atoms. The van der Waals surface area contributed by atoms with Gasteiger partial charge in [0, 0.05) is 5.69 Å². The number of carboxylic acids is 1. The van der Waals surface area contributed by atoms with Gasteiger partial charge in [0.25, 0.3) is 0 Å². The lowest BCUT2D eigenvalue weighted by Crippen LogP contribution is -2.51. The number of rotatable bonds is 8. The molecule has 0 spiro atoms. The first-order valence-electron chi connectivity index (χ1n) is 12.4. The van der Waals surface area contributed by atoms with Gasteiger partial charge in [0.1, 0.15) is 6.04 Å². The number of nitrogens with zero attached hydrogens (tertiary/aromatic N) is 1. The van der Waals surface area contributed by atoms with E-state index in [1.54, 1.807) is 0 Å². The Morgan fingerprint density at radius 3 is 2.52 bits per heavy atom. The van der Waals surface area contributed by atoms with Gasteiger partial charge in [-0.3, -0.25) is 14.9 Å². The van der Waals surface area contributed by atoms with Crippen molar-refractivity contribution in [3.05, 3.63) is 65.2 Å². The van der Waals surface area contributed by atoms with Gasteiger partial charge in [0.05, 0.1) is 12.6 Å². The molecule has 4 rings (SSSR count). The van der Waals surface area contributed by atoms with Crippen molar-refractivity contribution < 1.29 is 14.7 Å². The summed E-state index contributed by atoms with van der Waals surface area (Å²) in [6.45, 7) is 2.53. The monoisotopic (exact) mass is 448 g/mol. The number of para-hydroxylation sites is 1. The van der Waals surface area contributed by atoms with Crippen LogP contribution in [-0.4, -0.2) is 29.1 Å². The fraction of sp³-hybridized carbons (Fsp3) is 0.500. The smallest absolute Gasteiger partial charge is 0.320 e. The molecule has 0 saturated heterocycles. The molecule has 2 N–H and O–H groups in total. The van der Waals surface area contributed by atoms with Gasteiger partial charge in [0.15, 0.2) is 0 Å². The minimum absolute atomic E-state index is 0.0376. The van der Waals surface area contributed by atoms with Crippen LogP contribution in [0.5, 0.6) is 0 Å². The summed E-state index contributed by atoms with van der Waals surface area (Å²) in [5.41, 5.74) is 4.32. The summed E-state index contributed by atoms with van der Waals surface area (Å²) in [4.78, 5) is 27.6. The van der Waals surface area contributed by atoms with E-state index >= 15 is 0 Å². The lowest BCUT2D eigenvalue weighted by atomic mass is 9.85. The van der Waals surface area contributed by atoms with Crippen LogP contribution in [0.1, 0.15) is 68.1 Å². The van der Waals surface area contributed by atoms with Crippen LogP contribution in [0.4, 0.5) is 5.69 Å². The Morgan fingerprint density at radius 1 is 1.06 bits per heavy atom. The number of anilines is 1. The zero-order valence-corrected chi connectivity index (χ0v) is 19.6. The SMILES string of the molecule is Cc1ccc(CN2C(=O)C(N[C@H](CCC3CCCCC3)C(=O)O)CCc3ccccc32)cc1. The van der Waals surface area contributed by atoms with Gasteiger partial charge in [-0.25, -0.2) is 0 Å². The molecule has 176 valence electrons. The fourth-order valence-electron chi connectivity index (χ4n) is 5.31. The molecule has 5 heteroatoms. The van der Waals surface area contributed by atoms with Crippen molar-refractivity contribution in [1.82, 2.24) is 5.32 Å². The van der Waals surface area contributed by atoms with Crippen LogP contribution in [0, 0.1) is 12.8 Å². The first kappa shape index (κ1) is 23.5. The molecule has 1 aliphatic heterocycles. The lowest BCUT2D eigenvalue weighted by molar-refractivity contribution is -0.140. The average Bonchev–Trinajstić information content (AvgIpc) is 2.95. The van der Waals surface area contributed by atoms with Gasteiger partial charge in [-0.2, -0.15) is 0 Å². The molecule has 1 heterocycles. The van der Waals surface area contributed by atoms with Crippen LogP contribution in [-0.2, 0) is 22.6 Å². The highest BCUT2D eigenvalue weighted by molar-refractivity contribution is 5.98. The molecule has 0 aromatic heterocycles. The molecule has 2 atom stereocenters. The third kappa shape index (κ3) is 6.02. The molecule has 1 amide bonds. The number of hydrogen-bond donors (Lipinski definition) is 2. The molecule has 2 aromatic rings. The molecule has 2 aromatic carbocycles. The molecule has 1 fully saturated rings. The molecule has 1 saturated carbocycles. The van der Waals surface area contributed by atoms with Crippen LogP contribution in [0.3, 0.4) is 0 Å². The van der Waals surface area contributed by atoms with Crippen LogP contribution in [0.25, 0.3) is 0 Å². The molecule has 5 nitrogen and oxygen atoms in total. The Labute approximate surface area is 197 Å². The maximum absolute atomic E-state index is 13.7. The van der Waals surface area contributed by atoms with Gasteiger partial charge in [-0.1, -0.05) is 80.1 Å². The summed E-state index contributed by atoms with van der Waals surface area (Å²) in [6.07, 6.45) is 9.05. The third-order valence-corrected chi connectivity index (χ3v) is 7.30. The number of hydrogen-bond acceptors (Lipinski definition) is 3. The molecule has 1 aliphatic carbocycles. The van der Waals surface area contributed by atoms with Crippen molar-refractivity contribution in [3.63, 3.8) is 0 Å². The summed E-state index contributed by atoms with van der Waals surface area (Å²) in [5, 5.41) is 13.2. The Morgan fingerprint density at radius 2 is 1.79 bits per heavy atom. The maximum atomic E-state index is 13.7. The van der Waals surface area contributed by atoms with Gasteiger partial charge < -0.3 is 10.0 Å². The average molecular weight is 449 g/mol. The minimum atomic E-state index is -0.856. The van der Waals surface area contributed by atoms with E-state index in [-0.39, 0.29) is 5.91 Å². The maximum Gasteiger partial charge on any atom is 0.320 e. The number of carbonyl (C=O) groups is 2. The topological polar surface area (TPSA) is 69.6 Å². The number of carbonyl (C=O) groups excluding carboxylic acids is 1. The predicted octanol–water partition coefficient (Wildman–Crippen LogP) is 5.25. The van der Waals surface area contributed by atoms with Gasteiger partial charge >= 0.3 is 5.97 Å². The Kier molecular flexibility index (Phi) is 7.81. The molecule has 0 radical (unpaired) electrons. The zero-order chi connectivity index (χ0) is 23.2. The second-order valence-electron chi connectivity index (χ2n) is 9.77. The number of aryl methyl sites for hydroxylation is 2. The number of aliphatic carboxylic acids is 1. The van der Waals surface area contributed by atoms with Crippen LogP contribution in [0.15, 0.2) is 48.5 Å². The Balaban J connectivity index is 1.51. The number of nitrogens with one attached hydrogen (secondary N) is 1. The van der Waals surface area contributed by atoms with Gasteiger partial charge in [0.2, 0.25) is 5.91 Å². The largest absolute Gasteiger partial charge is 0.480 e. The van der Waals surface area contributed by atoms with Crippen LogP contribution < -0.4 is 10.2 Å². The van der Waals surface area contributed by atoms with E-state index in [0.717, 1.165) is 29.7 Å². The molecular weight excluding hydrogens is 412 g/mol. The first-order chi connectivity index (χ1) is 16.0. The van der Waals surface area contributed by atoms with E-state index in [0.29, 0.717) is 25.3 Å². The Bertz CT molecular complexity index is 950.